The quantitative estimate of drug-likeness (QED) is 0.582. The molecule has 0 bridgehead atoms. The minimum absolute atomic E-state index is 0.119. The number of rotatable bonds is 7. The van der Waals surface area contributed by atoms with Crippen molar-refractivity contribution < 1.29 is 19.1 Å². The third-order valence-corrected chi connectivity index (χ3v) is 3.75. The van der Waals surface area contributed by atoms with Crippen molar-refractivity contribution in [2.75, 3.05) is 5.32 Å². The molecule has 0 saturated heterocycles. The standard InChI is InChI=1S/C19H20ClNO4/c1-3-4-5-6-7-8-15(22)24-19-17(16(20)18(23)25-19)21-14-11-9-13(2)10-12-14/h3-6,9-12,19,21H,7-8H2,1-2H3/b4-3-,6-5-. The summed E-state index contributed by atoms with van der Waals surface area (Å²) in [6, 6.07) is 7.49. The van der Waals surface area contributed by atoms with Gasteiger partial charge in [-0.15, -0.1) is 0 Å². The van der Waals surface area contributed by atoms with Crippen molar-refractivity contribution in [3.63, 3.8) is 0 Å². The Hall–Kier alpha value is -2.53. The topological polar surface area (TPSA) is 64.6 Å². The molecule has 0 aromatic heterocycles. The van der Waals surface area contributed by atoms with Gasteiger partial charge >= 0.3 is 11.9 Å². The monoisotopic (exact) mass is 361 g/mol. The zero-order valence-electron chi connectivity index (χ0n) is 14.1. The number of ether oxygens (including phenoxy) is 2. The van der Waals surface area contributed by atoms with Gasteiger partial charge in [0.25, 0.3) is 6.29 Å². The third kappa shape index (κ3) is 5.50. The lowest BCUT2D eigenvalue weighted by atomic mass is 10.2. The van der Waals surface area contributed by atoms with E-state index in [-0.39, 0.29) is 17.2 Å². The summed E-state index contributed by atoms with van der Waals surface area (Å²) in [5.41, 5.74) is 2.04. The first-order chi connectivity index (χ1) is 12.0. The van der Waals surface area contributed by atoms with E-state index in [1.807, 2.05) is 62.4 Å². The van der Waals surface area contributed by atoms with E-state index >= 15 is 0 Å². The largest absolute Gasteiger partial charge is 0.419 e. The van der Waals surface area contributed by atoms with Crippen LogP contribution in [0.25, 0.3) is 0 Å². The molecule has 1 aliphatic rings. The van der Waals surface area contributed by atoms with Gasteiger partial charge in [-0.25, -0.2) is 4.79 Å². The van der Waals surface area contributed by atoms with Crippen LogP contribution in [0, 0.1) is 6.92 Å². The summed E-state index contributed by atoms with van der Waals surface area (Å²) in [5.74, 6) is -1.19. The van der Waals surface area contributed by atoms with Crippen LogP contribution in [0.4, 0.5) is 5.69 Å². The minimum atomic E-state index is -1.16. The highest BCUT2D eigenvalue weighted by Crippen LogP contribution is 2.28. The number of cyclic esters (lactones) is 1. The number of aryl methyl sites for hydroxylation is 1. The number of esters is 2. The Morgan fingerprint density at radius 2 is 2.04 bits per heavy atom. The molecule has 1 heterocycles. The molecule has 0 amide bonds. The van der Waals surface area contributed by atoms with E-state index in [2.05, 4.69) is 5.32 Å². The normalized spacial score (nSPS) is 17.4. The molecular formula is C19H20ClNO4. The molecule has 0 saturated carbocycles. The van der Waals surface area contributed by atoms with E-state index < -0.39 is 18.2 Å². The molecule has 1 atom stereocenters. The molecule has 1 aliphatic heterocycles. The highest BCUT2D eigenvalue weighted by molar-refractivity contribution is 6.42. The molecule has 0 spiro atoms. The van der Waals surface area contributed by atoms with Crippen LogP contribution in [-0.2, 0) is 19.1 Å². The predicted octanol–water partition coefficient (Wildman–Crippen LogP) is 4.20. The van der Waals surface area contributed by atoms with Gasteiger partial charge in [0.05, 0.1) is 0 Å². The van der Waals surface area contributed by atoms with Gasteiger partial charge < -0.3 is 14.8 Å². The fourth-order valence-electron chi connectivity index (χ4n) is 2.08. The van der Waals surface area contributed by atoms with Gasteiger partial charge in [0, 0.05) is 12.1 Å². The van der Waals surface area contributed by atoms with Crippen LogP contribution in [0.5, 0.6) is 0 Å². The third-order valence-electron chi connectivity index (χ3n) is 3.39. The summed E-state index contributed by atoms with van der Waals surface area (Å²) in [6.45, 7) is 3.87. The molecule has 2 rings (SSSR count). The number of carbonyl (C=O) groups is 2. The number of halogens is 1. The van der Waals surface area contributed by atoms with E-state index in [0.29, 0.717) is 12.1 Å². The molecule has 0 radical (unpaired) electrons. The smallest absolute Gasteiger partial charge is 0.355 e. The maximum absolute atomic E-state index is 11.9. The van der Waals surface area contributed by atoms with Gasteiger partial charge in [-0.3, -0.25) is 4.79 Å². The number of carbonyl (C=O) groups excluding carboxylic acids is 2. The lowest BCUT2D eigenvalue weighted by Gasteiger charge is -2.16. The van der Waals surface area contributed by atoms with Crippen molar-refractivity contribution in [3.8, 4) is 0 Å². The SMILES string of the molecule is C/C=C\C=C/CCC(=O)OC1OC(=O)C(Cl)=C1Nc1ccc(C)cc1. The fraction of sp³-hybridized carbons (Fsp3) is 0.263. The second-order valence-corrected chi connectivity index (χ2v) is 5.82. The first-order valence-corrected chi connectivity index (χ1v) is 8.30. The zero-order valence-corrected chi connectivity index (χ0v) is 14.9. The Morgan fingerprint density at radius 3 is 2.72 bits per heavy atom. The molecule has 25 heavy (non-hydrogen) atoms. The summed E-state index contributed by atoms with van der Waals surface area (Å²) < 4.78 is 10.2. The number of anilines is 1. The first kappa shape index (κ1) is 18.8. The molecule has 1 aromatic carbocycles. The van der Waals surface area contributed by atoms with Crippen LogP contribution >= 0.6 is 11.6 Å². The lowest BCUT2D eigenvalue weighted by molar-refractivity contribution is -0.173. The van der Waals surface area contributed by atoms with Crippen molar-refractivity contribution >= 4 is 29.2 Å². The maximum atomic E-state index is 11.9. The van der Waals surface area contributed by atoms with Crippen molar-refractivity contribution in [1.29, 1.82) is 0 Å². The van der Waals surface area contributed by atoms with E-state index in [0.717, 1.165) is 5.56 Å². The molecular weight excluding hydrogens is 342 g/mol. The van der Waals surface area contributed by atoms with E-state index in [9.17, 15) is 9.59 Å². The Morgan fingerprint density at radius 1 is 1.32 bits per heavy atom. The number of hydrogen-bond acceptors (Lipinski definition) is 5. The lowest BCUT2D eigenvalue weighted by Crippen LogP contribution is -2.23. The number of benzene rings is 1. The van der Waals surface area contributed by atoms with Gasteiger partial charge in [0.2, 0.25) is 0 Å². The first-order valence-electron chi connectivity index (χ1n) is 7.93. The molecule has 132 valence electrons. The maximum Gasteiger partial charge on any atom is 0.355 e. The molecule has 6 heteroatoms. The fourth-order valence-corrected chi connectivity index (χ4v) is 2.26. The van der Waals surface area contributed by atoms with Crippen LogP contribution in [0.3, 0.4) is 0 Å². The van der Waals surface area contributed by atoms with Gasteiger partial charge in [-0.1, -0.05) is 53.6 Å². The minimum Gasteiger partial charge on any atom is -0.419 e. The van der Waals surface area contributed by atoms with Crippen LogP contribution in [-0.4, -0.2) is 18.2 Å². The Labute approximate surface area is 152 Å². The van der Waals surface area contributed by atoms with Gasteiger partial charge in [0.15, 0.2) is 5.03 Å². The average molecular weight is 362 g/mol. The van der Waals surface area contributed by atoms with Crippen molar-refractivity contribution in [1.82, 2.24) is 0 Å². The van der Waals surface area contributed by atoms with Crippen LogP contribution in [0.1, 0.15) is 25.3 Å². The average Bonchev–Trinajstić information content (AvgIpc) is 2.84. The van der Waals surface area contributed by atoms with Gasteiger partial charge in [0.1, 0.15) is 5.70 Å². The Bertz CT molecular complexity index is 719. The Balaban J connectivity index is 1.98. The second kappa shape index (κ2) is 9.08. The van der Waals surface area contributed by atoms with Crippen molar-refractivity contribution in [3.05, 3.63) is 64.9 Å². The summed E-state index contributed by atoms with van der Waals surface area (Å²) in [6.07, 6.45) is 7.02. The van der Waals surface area contributed by atoms with Crippen LogP contribution in [0.2, 0.25) is 0 Å². The highest BCUT2D eigenvalue weighted by Gasteiger charge is 2.36. The van der Waals surface area contributed by atoms with Gasteiger partial charge in [-0.2, -0.15) is 0 Å². The van der Waals surface area contributed by atoms with Gasteiger partial charge in [-0.05, 0) is 32.4 Å². The molecule has 0 fully saturated rings. The van der Waals surface area contributed by atoms with Crippen molar-refractivity contribution in [2.24, 2.45) is 0 Å². The number of allylic oxidation sites excluding steroid dienone is 4. The molecule has 1 unspecified atom stereocenters. The summed E-state index contributed by atoms with van der Waals surface area (Å²) in [5, 5.41) is 2.87. The molecule has 1 aromatic rings. The summed E-state index contributed by atoms with van der Waals surface area (Å²) in [7, 11) is 0. The van der Waals surface area contributed by atoms with E-state index in [1.54, 1.807) is 0 Å². The van der Waals surface area contributed by atoms with Crippen LogP contribution < -0.4 is 5.32 Å². The van der Waals surface area contributed by atoms with E-state index in [4.69, 9.17) is 21.1 Å². The molecule has 5 nitrogen and oxygen atoms in total. The molecule has 0 aliphatic carbocycles. The molecule has 1 N–H and O–H groups in total. The predicted molar refractivity (Wildman–Crippen MR) is 96.8 cm³/mol. The second-order valence-electron chi connectivity index (χ2n) is 5.44. The van der Waals surface area contributed by atoms with Crippen LogP contribution in [0.15, 0.2) is 59.3 Å². The number of nitrogens with one attached hydrogen (secondary N) is 1. The Kier molecular flexibility index (Phi) is 6.83. The number of hydrogen-bond donors (Lipinski definition) is 1. The van der Waals surface area contributed by atoms with Crippen molar-refractivity contribution in [2.45, 2.75) is 33.0 Å². The van der Waals surface area contributed by atoms with E-state index in [1.165, 1.54) is 0 Å². The summed E-state index contributed by atoms with van der Waals surface area (Å²) in [4.78, 5) is 23.6. The zero-order chi connectivity index (χ0) is 18.2. The highest BCUT2D eigenvalue weighted by atomic mass is 35.5. The summed E-state index contributed by atoms with van der Waals surface area (Å²) >= 11 is 5.98.